The van der Waals surface area contributed by atoms with Gasteiger partial charge >= 0.3 is 5.97 Å². The van der Waals surface area contributed by atoms with E-state index >= 15 is 0 Å². The van der Waals surface area contributed by atoms with Gasteiger partial charge in [-0.25, -0.2) is 0 Å². The number of carbonyl (C=O) groups is 2. The average Bonchev–Trinajstić information content (AvgIpc) is 2.72. The molecule has 0 amide bonds. The quantitative estimate of drug-likeness (QED) is 0.767. The van der Waals surface area contributed by atoms with Gasteiger partial charge in [0, 0.05) is 12.3 Å². The van der Waals surface area contributed by atoms with E-state index in [4.69, 9.17) is 4.74 Å². The number of hydrogen-bond acceptors (Lipinski definition) is 3. The highest BCUT2D eigenvalue weighted by Gasteiger charge is 2.34. The van der Waals surface area contributed by atoms with E-state index < -0.39 is 0 Å². The number of esters is 1. The Bertz CT molecular complexity index is 425. The Kier molecular flexibility index (Phi) is 4.13. The molecule has 3 heteroatoms. The number of ether oxygens (including phenoxy) is 1. The van der Waals surface area contributed by atoms with Gasteiger partial charge < -0.3 is 4.74 Å². The summed E-state index contributed by atoms with van der Waals surface area (Å²) in [4.78, 5) is 23.3. The van der Waals surface area contributed by atoms with Gasteiger partial charge in [0.25, 0.3) is 0 Å². The van der Waals surface area contributed by atoms with Crippen molar-refractivity contribution in [2.75, 3.05) is 6.61 Å². The molecule has 18 heavy (non-hydrogen) atoms. The van der Waals surface area contributed by atoms with Crippen molar-refractivity contribution in [3.63, 3.8) is 0 Å². The molecule has 96 valence electrons. The lowest BCUT2D eigenvalue weighted by Gasteiger charge is -2.10. The van der Waals surface area contributed by atoms with Crippen LogP contribution in [0.1, 0.15) is 37.7 Å². The summed E-state index contributed by atoms with van der Waals surface area (Å²) in [6.45, 7) is 2.16. The van der Waals surface area contributed by atoms with Crippen LogP contribution in [0, 0.1) is 5.92 Å². The van der Waals surface area contributed by atoms with Crippen LogP contribution < -0.4 is 0 Å². The first kappa shape index (κ1) is 12.8. The summed E-state index contributed by atoms with van der Waals surface area (Å²) in [5, 5.41) is 0. The van der Waals surface area contributed by atoms with Crippen molar-refractivity contribution >= 4 is 11.8 Å². The number of hydrogen-bond donors (Lipinski definition) is 0. The Balaban J connectivity index is 1.97. The number of rotatable bonds is 4. The van der Waals surface area contributed by atoms with Crippen LogP contribution in [0.25, 0.3) is 0 Å². The molecule has 1 aromatic carbocycles. The first-order valence-electron chi connectivity index (χ1n) is 6.44. The highest BCUT2D eigenvalue weighted by molar-refractivity contribution is 5.88. The SMILES string of the molecule is CCOC(=O)C[C@@H]1C[C@H](c2ccccc2)CC1=O. The van der Waals surface area contributed by atoms with E-state index in [-0.39, 0.29) is 30.0 Å². The molecule has 1 saturated carbocycles. The molecule has 3 nitrogen and oxygen atoms in total. The van der Waals surface area contributed by atoms with Gasteiger partial charge in [0.2, 0.25) is 0 Å². The van der Waals surface area contributed by atoms with Crippen molar-refractivity contribution in [2.24, 2.45) is 5.92 Å². The third kappa shape index (κ3) is 2.97. The van der Waals surface area contributed by atoms with Crippen LogP contribution >= 0.6 is 0 Å². The molecule has 2 rings (SSSR count). The molecule has 0 spiro atoms. The van der Waals surface area contributed by atoms with Crippen molar-refractivity contribution in [2.45, 2.75) is 32.1 Å². The fourth-order valence-electron chi connectivity index (χ4n) is 2.57. The number of ketones is 1. The Hall–Kier alpha value is -1.64. The minimum absolute atomic E-state index is 0.158. The van der Waals surface area contributed by atoms with E-state index in [0.29, 0.717) is 13.0 Å². The molecule has 1 fully saturated rings. The Morgan fingerprint density at radius 1 is 1.33 bits per heavy atom. The van der Waals surface area contributed by atoms with Gasteiger partial charge in [-0.1, -0.05) is 30.3 Å². The van der Waals surface area contributed by atoms with Crippen molar-refractivity contribution in [1.29, 1.82) is 0 Å². The fourth-order valence-corrected chi connectivity index (χ4v) is 2.57. The smallest absolute Gasteiger partial charge is 0.306 e. The summed E-state index contributed by atoms with van der Waals surface area (Å²) in [6, 6.07) is 10.0. The molecule has 0 radical (unpaired) electrons. The zero-order valence-electron chi connectivity index (χ0n) is 10.6. The van der Waals surface area contributed by atoms with Gasteiger partial charge in [0.1, 0.15) is 5.78 Å². The van der Waals surface area contributed by atoms with E-state index in [9.17, 15) is 9.59 Å². The van der Waals surface area contributed by atoms with Crippen molar-refractivity contribution in [3.05, 3.63) is 35.9 Å². The highest BCUT2D eigenvalue weighted by atomic mass is 16.5. The number of carbonyl (C=O) groups excluding carboxylic acids is 2. The van der Waals surface area contributed by atoms with Crippen LogP contribution in [-0.4, -0.2) is 18.4 Å². The van der Waals surface area contributed by atoms with Crippen LogP contribution in [0.5, 0.6) is 0 Å². The zero-order chi connectivity index (χ0) is 13.0. The third-order valence-electron chi connectivity index (χ3n) is 3.46. The summed E-state index contributed by atoms with van der Waals surface area (Å²) >= 11 is 0. The summed E-state index contributed by atoms with van der Waals surface area (Å²) < 4.78 is 4.90. The largest absolute Gasteiger partial charge is 0.466 e. The van der Waals surface area contributed by atoms with Crippen LogP contribution in [-0.2, 0) is 14.3 Å². The lowest BCUT2D eigenvalue weighted by molar-refractivity contribution is -0.145. The van der Waals surface area contributed by atoms with Crippen molar-refractivity contribution in [1.82, 2.24) is 0 Å². The van der Waals surface area contributed by atoms with E-state index in [2.05, 4.69) is 0 Å². The molecule has 0 bridgehead atoms. The molecule has 0 N–H and O–H groups in total. The summed E-state index contributed by atoms with van der Waals surface area (Å²) in [6.07, 6.45) is 1.55. The zero-order valence-corrected chi connectivity index (χ0v) is 10.6. The lowest BCUT2D eigenvalue weighted by Crippen LogP contribution is -2.14. The molecular formula is C15H18O3. The maximum Gasteiger partial charge on any atom is 0.306 e. The van der Waals surface area contributed by atoms with E-state index in [1.165, 1.54) is 5.56 Å². The van der Waals surface area contributed by atoms with Crippen LogP contribution in [0.15, 0.2) is 30.3 Å². The van der Waals surface area contributed by atoms with Gasteiger partial charge in [-0.3, -0.25) is 9.59 Å². The lowest BCUT2D eigenvalue weighted by atomic mass is 9.95. The van der Waals surface area contributed by atoms with Crippen LogP contribution in [0.3, 0.4) is 0 Å². The van der Waals surface area contributed by atoms with Crippen LogP contribution in [0.2, 0.25) is 0 Å². The molecule has 1 aliphatic carbocycles. The second-order valence-electron chi connectivity index (χ2n) is 4.72. The maximum atomic E-state index is 11.9. The molecule has 1 aliphatic rings. The third-order valence-corrected chi connectivity index (χ3v) is 3.46. The summed E-state index contributed by atoms with van der Waals surface area (Å²) in [5.41, 5.74) is 1.19. The number of Topliss-reactive ketones (excluding diaryl/α,β-unsaturated/α-hetero) is 1. The second kappa shape index (κ2) is 5.80. The van der Waals surface area contributed by atoms with E-state index in [0.717, 1.165) is 6.42 Å². The minimum Gasteiger partial charge on any atom is -0.466 e. The highest BCUT2D eigenvalue weighted by Crippen LogP contribution is 2.37. The Morgan fingerprint density at radius 3 is 2.72 bits per heavy atom. The standard InChI is InChI=1S/C15H18O3/c1-2-18-15(17)10-13-8-12(9-14(13)16)11-6-4-3-5-7-11/h3-7,12-13H,2,8-10H2,1H3/t12-,13-/m0/s1. The molecule has 0 aliphatic heterocycles. The average molecular weight is 246 g/mol. The van der Waals surface area contributed by atoms with E-state index in [1.54, 1.807) is 6.92 Å². The molecular weight excluding hydrogens is 228 g/mol. The predicted octanol–water partition coefficient (Wildman–Crippen LogP) is 2.70. The van der Waals surface area contributed by atoms with Gasteiger partial charge in [-0.05, 0) is 24.8 Å². The summed E-state index contributed by atoms with van der Waals surface area (Å²) in [7, 11) is 0. The normalized spacial score (nSPS) is 23.1. The monoisotopic (exact) mass is 246 g/mol. The van der Waals surface area contributed by atoms with Crippen molar-refractivity contribution < 1.29 is 14.3 Å². The van der Waals surface area contributed by atoms with Crippen molar-refractivity contribution in [3.8, 4) is 0 Å². The molecule has 1 aromatic rings. The maximum absolute atomic E-state index is 11.9. The molecule has 0 aromatic heterocycles. The van der Waals surface area contributed by atoms with Gasteiger partial charge in [0.15, 0.2) is 0 Å². The molecule has 2 atom stereocenters. The molecule has 0 saturated heterocycles. The fraction of sp³-hybridized carbons (Fsp3) is 0.467. The first-order chi connectivity index (χ1) is 8.70. The predicted molar refractivity (Wildman–Crippen MR) is 68.2 cm³/mol. The number of benzene rings is 1. The Morgan fingerprint density at radius 2 is 2.06 bits per heavy atom. The minimum atomic E-state index is -0.260. The second-order valence-corrected chi connectivity index (χ2v) is 4.72. The Labute approximate surface area is 107 Å². The molecule has 0 unspecified atom stereocenters. The van der Waals surface area contributed by atoms with Gasteiger partial charge in [0.05, 0.1) is 13.0 Å². The van der Waals surface area contributed by atoms with Gasteiger partial charge in [-0.2, -0.15) is 0 Å². The topological polar surface area (TPSA) is 43.4 Å². The summed E-state index contributed by atoms with van der Waals surface area (Å²) in [5.74, 6) is 0.0360. The molecule has 0 heterocycles. The van der Waals surface area contributed by atoms with E-state index in [1.807, 2.05) is 30.3 Å². The first-order valence-corrected chi connectivity index (χ1v) is 6.44. The van der Waals surface area contributed by atoms with Crippen LogP contribution in [0.4, 0.5) is 0 Å². The van der Waals surface area contributed by atoms with Gasteiger partial charge in [-0.15, -0.1) is 0 Å².